The molecule has 9 unspecified atom stereocenters. The van der Waals surface area contributed by atoms with Gasteiger partial charge in [0.2, 0.25) is 0 Å². The predicted molar refractivity (Wildman–Crippen MR) is 138 cm³/mol. The number of fused-ring (bicyclic) bond motifs is 5. The second kappa shape index (κ2) is 8.93. The van der Waals surface area contributed by atoms with Crippen molar-refractivity contribution in [2.75, 3.05) is 0 Å². The molecule has 3 saturated carbocycles. The maximum Gasteiger partial charge on any atom is 0.302 e. The molecule has 0 radical (unpaired) electrons. The van der Waals surface area contributed by atoms with Gasteiger partial charge in [-0.3, -0.25) is 9.59 Å². The van der Waals surface area contributed by atoms with Crippen LogP contribution in [0, 0.1) is 51.8 Å². The van der Waals surface area contributed by atoms with E-state index < -0.39 is 0 Å². The molecule has 4 rings (SSSR count). The number of ether oxygens (including phenoxy) is 1. The predicted octanol–water partition coefficient (Wildman–Crippen LogP) is 7.55. The van der Waals surface area contributed by atoms with Gasteiger partial charge in [0, 0.05) is 13.3 Å². The smallest absolute Gasteiger partial charge is 0.302 e. The highest BCUT2D eigenvalue weighted by Gasteiger charge is 2.66. The molecule has 0 spiro atoms. The van der Waals surface area contributed by atoms with Crippen LogP contribution in [0.1, 0.15) is 100 Å². The number of hydrogen-bond donors (Lipinski definition) is 0. The van der Waals surface area contributed by atoms with Gasteiger partial charge in [0.05, 0.1) is 5.41 Å². The van der Waals surface area contributed by atoms with Gasteiger partial charge in [-0.25, -0.2) is 0 Å². The fourth-order valence-corrected chi connectivity index (χ4v) is 8.61. The maximum atomic E-state index is 14.2. The van der Waals surface area contributed by atoms with Crippen molar-refractivity contribution >= 4 is 11.8 Å². The number of carbonyl (C=O) groups excluding carboxylic acids is 2. The minimum absolute atomic E-state index is 0.00909. The van der Waals surface area contributed by atoms with Crippen molar-refractivity contribution in [1.29, 1.82) is 0 Å². The molecule has 9 atom stereocenters. The van der Waals surface area contributed by atoms with Gasteiger partial charge < -0.3 is 4.74 Å². The van der Waals surface area contributed by atoms with E-state index in [2.05, 4.69) is 66.7 Å². The van der Waals surface area contributed by atoms with Crippen molar-refractivity contribution in [3.8, 4) is 0 Å². The molecule has 3 nitrogen and oxygen atoms in total. The van der Waals surface area contributed by atoms with E-state index in [9.17, 15) is 9.59 Å². The van der Waals surface area contributed by atoms with Crippen LogP contribution in [0.15, 0.2) is 23.8 Å². The topological polar surface area (TPSA) is 43.4 Å². The molecule has 0 aromatic carbocycles. The summed E-state index contributed by atoms with van der Waals surface area (Å²) in [6.07, 6.45) is 14.2. The number of carbonyl (C=O) groups is 2. The van der Waals surface area contributed by atoms with E-state index >= 15 is 0 Å². The lowest BCUT2D eigenvalue weighted by Crippen LogP contribution is -2.60. The van der Waals surface area contributed by atoms with Crippen LogP contribution in [0.25, 0.3) is 0 Å². The lowest BCUT2D eigenvalue weighted by Gasteiger charge is -2.62. The first-order valence-corrected chi connectivity index (χ1v) is 13.9. The fraction of sp³-hybridized carbons (Fsp3) is 0.806. The van der Waals surface area contributed by atoms with Gasteiger partial charge in [0.15, 0.2) is 0 Å². The molecular weight excluding hydrogens is 420 g/mol. The van der Waals surface area contributed by atoms with E-state index in [4.69, 9.17) is 4.74 Å². The molecule has 4 aliphatic carbocycles. The first-order valence-electron chi connectivity index (χ1n) is 13.9. The van der Waals surface area contributed by atoms with Crippen LogP contribution in [0.3, 0.4) is 0 Å². The molecule has 0 aromatic rings. The standard InChI is InChI=1S/C31H48O3/c1-19(2)20(3)9-10-21(4)25-13-14-26-27-12-11-23-17-24(34-22(5)32)15-16-30(23,7)31(27,8)28(33)18-29(25,26)6/h9-10,12,19-21,23-26H,11,13-18H2,1-8H3. The summed E-state index contributed by atoms with van der Waals surface area (Å²) in [6, 6.07) is 0. The summed E-state index contributed by atoms with van der Waals surface area (Å²) in [5.74, 6) is 3.52. The Morgan fingerprint density at radius 1 is 1.09 bits per heavy atom. The average molecular weight is 469 g/mol. The highest BCUT2D eigenvalue weighted by atomic mass is 16.5. The van der Waals surface area contributed by atoms with E-state index in [0.717, 1.165) is 25.7 Å². The third kappa shape index (κ3) is 3.84. The molecule has 0 N–H and O–H groups in total. The fourth-order valence-electron chi connectivity index (χ4n) is 8.61. The van der Waals surface area contributed by atoms with E-state index in [-0.39, 0.29) is 28.3 Å². The molecule has 3 heteroatoms. The van der Waals surface area contributed by atoms with Gasteiger partial charge in [0.25, 0.3) is 0 Å². The highest BCUT2D eigenvalue weighted by Crippen LogP contribution is 2.70. The molecule has 34 heavy (non-hydrogen) atoms. The van der Waals surface area contributed by atoms with Crippen molar-refractivity contribution in [2.45, 2.75) is 106 Å². The molecule has 4 aliphatic rings. The number of hydrogen-bond acceptors (Lipinski definition) is 3. The van der Waals surface area contributed by atoms with Crippen molar-refractivity contribution in [3.05, 3.63) is 23.8 Å². The number of allylic oxidation sites excluding steroid dienone is 4. The Bertz CT molecular complexity index is 883. The van der Waals surface area contributed by atoms with Crippen molar-refractivity contribution < 1.29 is 14.3 Å². The van der Waals surface area contributed by atoms with Crippen molar-refractivity contribution in [1.82, 2.24) is 0 Å². The molecule has 190 valence electrons. The van der Waals surface area contributed by atoms with Gasteiger partial charge in [0.1, 0.15) is 11.9 Å². The van der Waals surface area contributed by atoms with Gasteiger partial charge in [-0.1, -0.05) is 65.3 Å². The summed E-state index contributed by atoms with van der Waals surface area (Å²) in [6.45, 7) is 17.9. The van der Waals surface area contributed by atoms with Crippen LogP contribution in [0.4, 0.5) is 0 Å². The van der Waals surface area contributed by atoms with Gasteiger partial charge in [-0.15, -0.1) is 0 Å². The van der Waals surface area contributed by atoms with Crippen molar-refractivity contribution in [3.63, 3.8) is 0 Å². The molecule has 3 fully saturated rings. The maximum absolute atomic E-state index is 14.2. The first-order chi connectivity index (χ1) is 15.8. The zero-order valence-electron chi connectivity index (χ0n) is 22.9. The normalized spacial score (nSPS) is 43.7. The van der Waals surface area contributed by atoms with Crippen molar-refractivity contribution in [2.24, 2.45) is 51.8 Å². The Morgan fingerprint density at radius 3 is 2.44 bits per heavy atom. The van der Waals surface area contributed by atoms with E-state index in [1.807, 2.05) is 0 Å². The summed E-state index contributed by atoms with van der Waals surface area (Å²) < 4.78 is 5.61. The largest absolute Gasteiger partial charge is 0.463 e. The Labute approximate surface area is 208 Å². The van der Waals surface area contributed by atoms with Crippen LogP contribution < -0.4 is 0 Å². The lowest BCUT2D eigenvalue weighted by atomic mass is 9.41. The Hall–Kier alpha value is -1.38. The van der Waals surface area contributed by atoms with E-state index in [1.165, 1.54) is 25.3 Å². The van der Waals surface area contributed by atoms with Crippen LogP contribution >= 0.6 is 0 Å². The summed E-state index contributed by atoms with van der Waals surface area (Å²) in [5, 5.41) is 0. The molecule has 0 bridgehead atoms. The third-order valence-electron chi connectivity index (χ3n) is 11.4. The summed E-state index contributed by atoms with van der Waals surface area (Å²) >= 11 is 0. The minimum Gasteiger partial charge on any atom is -0.463 e. The zero-order valence-corrected chi connectivity index (χ0v) is 22.9. The minimum atomic E-state index is -0.374. The van der Waals surface area contributed by atoms with Crippen LogP contribution in [-0.4, -0.2) is 17.9 Å². The van der Waals surface area contributed by atoms with Crippen LogP contribution in [-0.2, 0) is 14.3 Å². The molecule has 0 amide bonds. The molecule has 0 aliphatic heterocycles. The van der Waals surface area contributed by atoms with Gasteiger partial charge >= 0.3 is 5.97 Å². The van der Waals surface area contributed by atoms with Gasteiger partial charge in [-0.2, -0.15) is 0 Å². The van der Waals surface area contributed by atoms with Gasteiger partial charge in [-0.05, 0) is 91.8 Å². The average Bonchev–Trinajstić information content (AvgIpc) is 3.09. The first kappa shape index (κ1) is 25.7. The molecule has 0 aromatic heterocycles. The lowest BCUT2D eigenvalue weighted by molar-refractivity contribution is -0.161. The molecular formula is C31H48O3. The summed E-state index contributed by atoms with van der Waals surface area (Å²) in [5.41, 5.74) is 1.11. The van der Waals surface area contributed by atoms with E-state index in [0.29, 0.717) is 47.7 Å². The van der Waals surface area contributed by atoms with Crippen LogP contribution in [0.2, 0.25) is 0 Å². The monoisotopic (exact) mass is 468 g/mol. The number of Topliss-reactive ketones (excluding diaryl/α,β-unsaturated/α-hetero) is 1. The molecule has 0 heterocycles. The Balaban J connectivity index is 1.61. The van der Waals surface area contributed by atoms with Crippen LogP contribution in [0.5, 0.6) is 0 Å². The second-order valence-electron chi connectivity index (χ2n) is 13.3. The SMILES string of the molecule is CC(=O)OC1CCC2(C)C(CC=C3C4CCC(C(C)C=CC(C)C(C)C)C4(C)CC(=O)C32C)C1. The van der Waals surface area contributed by atoms with E-state index in [1.54, 1.807) is 0 Å². The summed E-state index contributed by atoms with van der Waals surface area (Å²) in [7, 11) is 0. The number of esters is 1. The third-order valence-corrected chi connectivity index (χ3v) is 11.4. The number of rotatable bonds is 5. The zero-order chi connectivity index (χ0) is 25.1. The summed E-state index contributed by atoms with van der Waals surface area (Å²) in [4.78, 5) is 25.8. The highest BCUT2D eigenvalue weighted by molar-refractivity contribution is 5.91. The quantitative estimate of drug-likeness (QED) is 0.309. The Morgan fingerprint density at radius 2 is 1.79 bits per heavy atom. The Kier molecular flexibility index (Phi) is 6.75. The molecule has 0 saturated heterocycles. The number of ketones is 1. The second-order valence-corrected chi connectivity index (χ2v) is 13.3.